The van der Waals surface area contributed by atoms with Crippen LogP contribution in [0.1, 0.15) is 38.7 Å². The number of rotatable bonds is 13. The lowest BCUT2D eigenvalue weighted by Gasteiger charge is -2.32. The van der Waals surface area contributed by atoms with Crippen LogP contribution in [0.15, 0.2) is 54.6 Å². The molecule has 0 radical (unpaired) electrons. The van der Waals surface area contributed by atoms with Crippen molar-refractivity contribution in [1.82, 2.24) is 10.2 Å². The van der Waals surface area contributed by atoms with Crippen molar-refractivity contribution in [2.24, 2.45) is 0 Å². The number of nitrogens with zero attached hydrogens (tertiary/aromatic N) is 2. The minimum atomic E-state index is -3.83. The number of carbonyl (C=O) groups excluding carboxylic acids is 2. The smallest absolute Gasteiger partial charge is 0.244 e. The molecule has 34 heavy (non-hydrogen) atoms. The molecule has 0 aliphatic carbocycles. The summed E-state index contributed by atoms with van der Waals surface area (Å²) in [6, 6.07) is 13.7. The minimum absolute atomic E-state index is 0.181. The van der Waals surface area contributed by atoms with Crippen molar-refractivity contribution in [3.05, 3.63) is 66.0 Å². The number of nitrogens with one attached hydrogen (secondary N) is 1. The number of hydrogen-bond donors (Lipinski definition) is 1. The highest BCUT2D eigenvalue weighted by Crippen LogP contribution is 2.19. The molecule has 2 rings (SSSR count). The van der Waals surface area contributed by atoms with Gasteiger partial charge in [-0.15, -0.1) is 0 Å². The van der Waals surface area contributed by atoms with Gasteiger partial charge in [0.15, 0.2) is 0 Å². The summed E-state index contributed by atoms with van der Waals surface area (Å²) in [5.41, 5.74) is 1.18. The standard InChI is InChI=1S/C25H34FN3O4S/c1-4-6-17-27-25(31)23(5-2)28(18-16-20-10-8-7-9-11-20)24(30)19-29(34(3,32)33)22-14-12-21(26)13-15-22/h7-15,23H,4-6,16-19H2,1-3H3,(H,27,31)/t23-/m0/s1. The zero-order chi connectivity index (χ0) is 25.1. The number of hydrogen-bond acceptors (Lipinski definition) is 4. The summed E-state index contributed by atoms with van der Waals surface area (Å²) in [6.45, 7) is 4.12. The zero-order valence-electron chi connectivity index (χ0n) is 20.0. The van der Waals surface area contributed by atoms with Gasteiger partial charge in [0.2, 0.25) is 21.8 Å². The van der Waals surface area contributed by atoms with E-state index in [-0.39, 0.29) is 18.1 Å². The Morgan fingerprint density at radius 1 is 1.03 bits per heavy atom. The Morgan fingerprint density at radius 3 is 2.24 bits per heavy atom. The number of sulfonamides is 1. The van der Waals surface area contributed by atoms with E-state index < -0.39 is 34.3 Å². The van der Waals surface area contributed by atoms with E-state index in [1.165, 1.54) is 17.0 Å². The Balaban J connectivity index is 2.31. The number of carbonyl (C=O) groups is 2. The summed E-state index contributed by atoms with van der Waals surface area (Å²) in [7, 11) is -3.83. The molecule has 0 saturated carbocycles. The number of benzene rings is 2. The van der Waals surface area contributed by atoms with E-state index in [0.717, 1.165) is 41.1 Å². The van der Waals surface area contributed by atoms with E-state index in [1.54, 1.807) is 0 Å². The summed E-state index contributed by atoms with van der Waals surface area (Å²) in [5.74, 6) is -1.27. The molecule has 9 heteroatoms. The van der Waals surface area contributed by atoms with E-state index in [4.69, 9.17) is 0 Å². The summed E-state index contributed by atoms with van der Waals surface area (Å²) >= 11 is 0. The van der Waals surface area contributed by atoms with Crippen LogP contribution >= 0.6 is 0 Å². The molecule has 1 N–H and O–H groups in total. The maximum atomic E-state index is 13.5. The molecule has 7 nitrogen and oxygen atoms in total. The van der Waals surface area contributed by atoms with E-state index in [2.05, 4.69) is 5.32 Å². The minimum Gasteiger partial charge on any atom is -0.354 e. The molecule has 0 spiro atoms. The number of amides is 2. The molecule has 0 fully saturated rings. The number of unbranched alkanes of at least 4 members (excludes halogenated alkanes) is 1. The average Bonchev–Trinajstić information content (AvgIpc) is 2.80. The summed E-state index contributed by atoms with van der Waals surface area (Å²) in [6.07, 6.45) is 3.64. The lowest BCUT2D eigenvalue weighted by atomic mass is 10.1. The van der Waals surface area contributed by atoms with Crippen molar-refractivity contribution in [1.29, 1.82) is 0 Å². The first-order chi connectivity index (χ1) is 16.2. The molecule has 0 aliphatic rings. The van der Waals surface area contributed by atoms with Gasteiger partial charge in [-0.25, -0.2) is 12.8 Å². The fourth-order valence-electron chi connectivity index (χ4n) is 3.62. The van der Waals surface area contributed by atoms with Gasteiger partial charge in [-0.3, -0.25) is 13.9 Å². The lowest BCUT2D eigenvalue weighted by Crippen LogP contribution is -2.53. The third kappa shape index (κ3) is 8.13. The van der Waals surface area contributed by atoms with Crippen molar-refractivity contribution in [3.8, 4) is 0 Å². The van der Waals surface area contributed by atoms with Crippen LogP contribution in [0.4, 0.5) is 10.1 Å². The fourth-order valence-corrected chi connectivity index (χ4v) is 4.47. The lowest BCUT2D eigenvalue weighted by molar-refractivity contribution is -0.139. The third-order valence-corrected chi connectivity index (χ3v) is 6.63. The van der Waals surface area contributed by atoms with Crippen LogP contribution in [0, 0.1) is 5.82 Å². The second-order valence-corrected chi connectivity index (χ2v) is 10.0. The Hall–Kier alpha value is -2.94. The SMILES string of the molecule is CCCCNC(=O)[C@H](CC)N(CCc1ccccc1)C(=O)CN(c1ccc(F)cc1)S(C)(=O)=O. The summed E-state index contributed by atoms with van der Waals surface area (Å²) < 4.78 is 39.3. The molecule has 2 amide bonds. The van der Waals surface area contributed by atoms with Crippen LogP contribution in [0.3, 0.4) is 0 Å². The van der Waals surface area contributed by atoms with Gasteiger partial charge < -0.3 is 10.2 Å². The first kappa shape index (κ1) is 27.3. The largest absolute Gasteiger partial charge is 0.354 e. The Bertz CT molecular complexity index is 1030. The molecule has 0 aliphatic heterocycles. The zero-order valence-corrected chi connectivity index (χ0v) is 20.9. The predicted molar refractivity (Wildman–Crippen MR) is 132 cm³/mol. The van der Waals surface area contributed by atoms with Crippen LogP contribution in [0.25, 0.3) is 0 Å². The van der Waals surface area contributed by atoms with E-state index in [1.807, 2.05) is 44.2 Å². The van der Waals surface area contributed by atoms with Gasteiger partial charge in [-0.1, -0.05) is 50.6 Å². The molecule has 0 aromatic heterocycles. The molecule has 0 bridgehead atoms. The van der Waals surface area contributed by atoms with Crippen molar-refractivity contribution in [2.75, 3.05) is 30.2 Å². The molecule has 2 aromatic carbocycles. The highest BCUT2D eigenvalue weighted by Gasteiger charge is 2.31. The molecule has 2 aromatic rings. The molecule has 0 heterocycles. The number of halogens is 1. The van der Waals surface area contributed by atoms with Gasteiger partial charge in [-0.2, -0.15) is 0 Å². The average molecular weight is 492 g/mol. The topological polar surface area (TPSA) is 86.8 Å². The Labute approximate surface area is 202 Å². The quantitative estimate of drug-likeness (QED) is 0.436. The molecule has 0 unspecified atom stereocenters. The maximum absolute atomic E-state index is 13.5. The van der Waals surface area contributed by atoms with E-state index in [0.29, 0.717) is 19.4 Å². The van der Waals surface area contributed by atoms with Crippen molar-refractivity contribution in [2.45, 2.75) is 45.6 Å². The van der Waals surface area contributed by atoms with Gasteiger partial charge in [0.05, 0.1) is 11.9 Å². The van der Waals surface area contributed by atoms with Gasteiger partial charge in [0, 0.05) is 13.1 Å². The Kier molecular flexibility index (Phi) is 10.5. The second-order valence-electron chi connectivity index (χ2n) is 8.14. The second kappa shape index (κ2) is 13.1. The monoisotopic (exact) mass is 491 g/mol. The molecule has 1 atom stereocenters. The van der Waals surface area contributed by atoms with Crippen LogP contribution in [0.2, 0.25) is 0 Å². The summed E-state index contributed by atoms with van der Waals surface area (Å²) in [5, 5.41) is 2.88. The predicted octanol–water partition coefficient (Wildman–Crippen LogP) is 3.36. The molecular weight excluding hydrogens is 457 g/mol. The van der Waals surface area contributed by atoms with E-state index in [9.17, 15) is 22.4 Å². The van der Waals surface area contributed by atoms with Crippen molar-refractivity contribution >= 4 is 27.5 Å². The van der Waals surface area contributed by atoms with Crippen molar-refractivity contribution < 1.29 is 22.4 Å². The first-order valence-electron chi connectivity index (χ1n) is 11.5. The molecular formula is C25H34FN3O4S. The van der Waals surface area contributed by atoms with Crippen LogP contribution in [-0.4, -0.2) is 57.1 Å². The van der Waals surface area contributed by atoms with E-state index >= 15 is 0 Å². The highest BCUT2D eigenvalue weighted by molar-refractivity contribution is 7.92. The fraction of sp³-hybridized carbons (Fsp3) is 0.440. The van der Waals surface area contributed by atoms with Gasteiger partial charge in [0.1, 0.15) is 18.4 Å². The molecule has 186 valence electrons. The van der Waals surface area contributed by atoms with Crippen LogP contribution < -0.4 is 9.62 Å². The maximum Gasteiger partial charge on any atom is 0.244 e. The van der Waals surface area contributed by atoms with Gasteiger partial charge in [0.25, 0.3) is 0 Å². The van der Waals surface area contributed by atoms with Crippen LogP contribution in [-0.2, 0) is 26.0 Å². The van der Waals surface area contributed by atoms with Crippen molar-refractivity contribution in [3.63, 3.8) is 0 Å². The van der Waals surface area contributed by atoms with Crippen LogP contribution in [0.5, 0.6) is 0 Å². The molecule has 0 saturated heterocycles. The van der Waals surface area contributed by atoms with Gasteiger partial charge in [-0.05, 0) is 49.1 Å². The summed E-state index contributed by atoms with van der Waals surface area (Å²) in [4.78, 5) is 27.8. The number of anilines is 1. The highest BCUT2D eigenvalue weighted by atomic mass is 32.2. The normalized spacial score (nSPS) is 12.1. The first-order valence-corrected chi connectivity index (χ1v) is 13.4. The third-order valence-electron chi connectivity index (χ3n) is 5.49. The Morgan fingerprint density at radius 2 is 1.68 bits per heavy atom. The van der Waals surface area contributed by atoms with Gasteiger partial charge >= 0.3 is 0 Å².